The van der Waals surface area contributed by atoms with Crippen LogP contribution in [0.3, 0.4) is 0 Å². The molecule has 1 aromatic carbocycles. The maximum atomic E-state index is 12.8. The monoisotopic (exact) mass is 377 g/mol. The van der Waals surface area contributed by atoms with Crippen LogP contribution in [0.5, 0.6) is 11.5 Å². The van der Waals surface area contributed by atoms with E-state index in [1.165, 1.54) is 10.4 Å². The lowest BCUT2D eigenvalue weighted by atomic mass is 10.3. The molecule has 0 aromatic heterocycles. The first-order valence-corrected chi connectivity index (χ1v) is 9.24. The highest BCUT2D eigenvalue weighted by atomic mass is 79.9. The van der Waals surface area contributed by atoms with Crippen molar-refractivity contribution in [2.75, 3.05) is 38.3 Å². The number of benzene rings is 1. The minimum absolute atomic E-state index is 0.197. The molecule has 6 nitrogen and oxygen atoms in total. The Kier molecular flexibility index (Phi) is 4.39. The fourth-order valence-corrected chi connectivity index (χ4v) is 4.73. The van der Waals surface area contributed by atoms with Gasteiger partial charge >= 0.3 is 0 Å². The Morgan fingerprint density at radius 2 is 1.95 bits per heavy atom. The summed E-state index contributed by atoms with van der Waals surface area (Å²) in [6, 6.07) is 4.54. The highest BCUT2D eigenvalue weighted by molar-refractivity contribution is 9.09. The zero-order chi connectivity index (χ0) is 14.9. The van der Waals surface area contributed by atoms with Crippen molar-refractivity contribution in [3.63, 3.8) is 0 Å². The molecule has 116 valence electrons. The van der Waals surface area contributed by atoms with Crippen LogP contribution in [-0.2, 0) is 14.8 Å². The normalized spacial score (nSPS) is 23.0. The number of morpholine rings is 1. The first-order chi connectivity index (χ1) is 10.1. The van der Waals surface area contributed by atoms with Crippen molar-refractivity contribution in [1.29, 1.82) is 0 Å². The van der Waals surface area contributed by atoms with E-state index in [1.54, 1.807) is 12.1 Å². The quantitative estimate of drug-likeness (QED) is 0.741. The molecule has 0 radical (unpaired) electrons. The number of hydrogen-bond acceptors (Lipinski definition) is 5. The second kappa shape index (κ2) is 6.12. The third-order valence-corrected chi connectivity index (χ3v) is 6.17. The molecule has 1 aromatic rings. The van der Waals surface area contributed by atoms with Gasteiger partial charge in [-0.1, -0.05) is 15.9 Å². The topological polar surface area (TPSA) is 65.1 Å². The van der Waals surface area contributed by atoms with Crippen LogP contribution >= 0.6 is 15.9 Å². The highest BCUT2D eigenvalue weighted by Gasteiger charge is 2.34. The molecule has 0 spiro atoms. The number of halogens is 1. The van der Waals surface area contributed by atoms with E-state index >= 15 is 0 Å². The van der Waals surface area contributed by atoms with Crippen molar-refractivity contribution in [2.24, 2.45) is 0 Å². The van der Waals surface area contributed by atoms with E-state index in [-0.39, 0.29) is 10.9 Å². The van der Waals surface area contributed by atoms with E-state index < -0.39 is 10.0 Å². The van der Waals surface area contributed by atoms with Crippen LogP contribution in [0.4, 0.5) is 0 Å². The van der Waals surface area contributed by atoms with Gasteiger partial charge in [-0.2, -0.15) is 4.31 Å². The van der Waals surface area contributed by atoms with Crippen molar-refractivity contribution in [3.05, 3.63) is 18.2 Å². The smallest absolute Gasteiger partial charge is 0.243 e. The maximum absolute atomic E-state index is 12.8. The van der Waals surface area contributed by atoms with Crippen molar-refractivity contribution in [1.82, 2.24) is 4.31 Å². The van der Waals surface area contributed by atoms with E-state index in [4.69, 9.17) is 14.2 Å². The molecule has 0 aliphatic carbocycles. The van der Waals surface area contributed by atoms with Crippen LogP contribution in [0.25, 0.3) is 0 Å². The third-order valence-electron chi connectivity index (χ3n) is 3.47. The molecule has 0 N–H and O–H groups in total. The van der Waals surface area contributed by atoms with E-state index in [9.17, 15) is 8.42 Å². The Hall–Kier alpha value is -0.830. The van der Waals surface area contributed by atoms with E-state index in [0.29, 0.717) is 49.8 Å². The number of hydrogen-bond donors (Lipinski definition) is 0. The number of alkyl halides is 1. The van der Waals surface area contributed by atoms with Crippen molar-refractivity contribution in [2.45, 2.75) is 10.9 Å². The Bertz CT molecular complexity index is 621. The molecule has 0 saturated carbocycles. The summed E-state index contributed by atoms with van der Waals surface area (Å²) in [4.78, 5) is 0.222. The van der Waals surface area contributed by atoms with Gasteiger partial charge in [-0.25, -0.2) is 8.42 Å². The van der Waals surface area contributed by atoms with Gasteiger partial charge in [-0.05, 0) is 12.1 Å². The van der Waals surface area contributed by atoms with Crippen molar-refractivity contribution in [3.8, 4) is 11.5 Å². The van der Waals surface area contributed by atoms with Gasteiger partial charge in [0, 0.05) is 17.9 Å². The van der Waals surface area contributed by atoms with Crippen LogP contribution in [0, 0.1) is 0 Å². The molecule has 2 heterocycles. The average molecular weight is 378 g/mol. The van der Waals surface area contributed by atoms with Gasteiger partial charge in [0.1, 0.15) is 13.2 Å². The van der Waals surface area contributed by atoms with Gasteiger partial charge < -0.3 is 14.2 Å². The zero-order valence-electron chi connectivity index (χ0n) is 11.3. The first kappa shape index (κ1) is 15.1. The fraction of sp³-hybridized carbons (Fsp3) is 0.538. The predicted octanol–water partition coefficient (Wildman–Crippen LogP) is 1.24. The van der Waals surface area contributed by atoms with Crippen LogP contribution in [0.15, 0.2) is 23.1 Å². The summed E-state index contributed by atoms with van der Waals surface area (Å²) >= 11 is 3.35. The largest absolute Gasteiger partial charge is 0.486 e. The Morgan fingerprint density at radius 3 is 2.71 bits per heavy atom. The lowest BCUT2D eigenvalue weighted by Gasteiger charge is -2.33. The molecule has 1 atom stereocenters. The molecule has 2 aliphatic rings. The molecule has 0 amide bonds. The summed E-state index contributed by atoms with van der Waals surface area (Å²) in [5.41, 5.74) is 0. The van der Waals surface area contributed by atoms with Gasteiger partial charge in [-0.15, -0.1) is 0 Å². The summed E-state index contributed by atoms with van der Waals surface area (Å²) in [6.45, 7) is 2.07. The molecular weight excluding hydrogens is 362 g/mol. The number of rotatable bonds is 3. The SMILES string of the molecule is O=S(=O)(c1ccc2c(c1)OCCO2)N1CCOCC1CBr. The molecule has 1 unspecified atom stereocenters. The van der Waals surface area contributed by atoms with Crippen LogP contribution < -0.4 is 9.47 Å². The second-order valence-corrected chi connectivity index (χ2v) is 7.34. The van der Waals surface area contributed by atoms with Crippen molar-refractivity contribution >= 4 is 26.0 Å². The molecule has 0 bridgehead atoms. The molecule has 2 aliphatic heterocycles. The zero-order valence-corrected chi connectivity index (χ0v) is 13.7. The Morgan fingerprint density at radius 1 is 1.19 bits per heavy atom. The Balaban J connectivity index is 1.94. The number of fused-ring (bicyclic) bond motifs is 1. The molecule has 8 heteroatoms. The molecule has 1 fully saturated rings. The summed E-state index contributed by atoms with van der Waals surface area (Å²) in [5, 5.41) is 0.538. The van der Waals surface area contributed by atoms with Crippen LogP contribution in [-0.4, -0.2) is 57.1 Å². The fourth-order valence-electron chi connectivity index (χ4n) is 2.40. The molecule has 3 rings (SSSR count). The summed E-state index contributed by atoms with van der Waals surface area (Å²) in [7, 11) is -3.57. The van der Waals surface area contributed by atoms with E-state index in [0.717, 1.165) is 0 Å². The predicted molar refractivity (Wildman–Crippen MR) is 79.7 cm³/mol. The van der Waals surface area contributed by atoms with Gasteiger partial charge in [0.15, 0.2) is 11.5 Å². The lowest BCUT2D eigenvalue weighted by Crippen LogP contribution is -2.49. The lowest BCUT2D eigenvalue weighted by molar-refractivity contribution is 0.0413. The van der Waals surface area contributed by atoms with Crippen LogP contribution in [0.1, 0.15) is 0 Å². The first-order valence-electron chi connectivity index (χ1n) is 6.68. The van der Waals surface area contributed by atoms with Crippen molar-refractivity contribution < 1.29 is 22.6 Å². The minimum Gasteiger partial charge on any atom is -0.486 e. The van der Waals surface area contributed by atoms with Gasteiger partial charge in [0.25, 0.3) is 0 Å². The third kappa shape index (κ3) is 2.90. The van der Waals surface area contributed by atoms with Gasteiger partial charge in [-0.3, -0.25) is 0 Å². The molecule has 1 saturated heterocycles. The number of nitrogens with zero attached hydrogens (tertiary/aromatic N) is 1. The highest BCUT2D eigenvalue weighted by Crippen LogP contribution is 2.33. The number of sulfonamides is 1. The average Bonchev–Trinajstić information content (AvgIpc) is 2.54. The minimum atomic E-state index is -3.57. The molecule has 21 heavy (non-hydrogen) atoms. The second-order valence-electron chi connectivity index (χ2n) is 4.80. The standard InChI is InChI=1S/C13H16BrNO5S/c14-8-10-9-18-4-3-15(10)21(16,17)11-1-2-12-13(7-11)20-6-5-19-12/h1-2,7,10H,3-6,8-9H2. The number of ether oxygens (including phenoxy) is 3. The molecular formula is C13H16BrNO5S. The van der Waals surface area contributed by atoms with Gasteiger partial charge in [0.2, 0.25) is 10.0 Å². The maximum Gasteiger partial charge on any atom is 0.243 e. The van der Waals surface area contributed by atoms with Gasteiger partial charge in [0.05, 0.1) is 24.2 Å². The van der Waals surface area contributed by atoms with E-state index in [2.05, 4.69) is 15.9 Å². The summed E-state index contributed by atoms with van der Waals surface area (Å²) in [5.74, 6) is 1.06. The van der Waals surface area contributed by atoms with E-state index in [1.807, 2.05) is 0 Å². The Labute approximate surface area is 132 Å². The summed E-state index contributed by atoms with van der Waals surface area (Å²) < 4.78 is 43.3. The summed E-state index contributed by atoms with van der Waals surface area (Å²) in [6.07, 6.45) is 0. The van der Waals surface area contributed by atoms with Crippen LogP contribution in [0.2, 0.25) is 0 Å².